The number of ether oxygens (including phenoxy) is 2. The minimum Gasteiger partial charge on any atom is -0.511 e. The molecule has 0 aromatic heterocycles. The molecular formula is C30H37NO5. The Kier molecular flexibility index (Phi) is 5.61. The summed E-state index contributed by atoms with van der Waals surface area (Å²) in [5.41, 5.74) is -0.695. The molecule has 2 saturated carbocycles. The summed E-state index contributed by atoms with van der Waals surface area (Å²) in [7, 11) is 1.47. The van der Waals surface area contributed by atoms with Crippen molar-refractivity contribution in [1.82, 2.24) is 5.32 Å². The third-order valence-electron chi connectivity index (χ3n) is 9.72. The molecule has 0 spiro atoms. The van der Waals surface area contributed by atoms with Crippen LogP contribution in [-0.4, -0.2) is 41.2 Å². The first-order valence-corrected chi connectivity index (χ1v) is 13.3. The number of hydrogen-bond donors (Lipinski definition) is 3. The lowest BCUT2D eigenvalue weighted by Crippen LogP contribution is -2.51. The highest BCUT2D eigenvalue weighted by Crippen LogP contribution is 2.60. The number of aliphatic hydroxyl groups excluding tert-OH is 1. The predicted molar refractivity (Wildman–Crippen MR) is 136 cm³/mol. The Morgan fingerprint density at radius 3 is 2.61 bits per heavy atom. The first-order chi connectivity index (χ1) is 17.3. The summed E-state index contributed by atoms with van der Waals surface area (Å²) in [4.78, 5) is 13.3. The molecule has 192 valence electrons. The van der Waals surface area contributed by atoms with E-state index in [-0.39, 0.29) is 41.6 Å². The lowest BCUT2D eigenvalue weighted by molar-refractivity contribution is -0.122. The van der Waals surface area contributed by atoms with E-state index in [2.05, 4.69) is 37.9 Å². The Labute approximate surface area is 213 Å². The molecular weight excluding hydrogens is 454 g/mol. The smallest absolute Gasteiger partial charge is 0.255 e. The van der Waals surface area contributed by atoms with Crippen molar-refractivity contribution < 1.29 is 24.5 Å². The van der Waals surface area contributed by atoms with Crippen molar-refractivity contribution >= 4 is 5.91 Å². The number of aliphatic hydroxyl groups is 2. The maximum atomic E-state index is 13.3. The van der Waals surface area contributed by atoms with Gasteiger partial charge in [-0.15, -0.1) is 6.58 Å². The topological polar surface area (TPSA) is 88.0 Å². The van der Waals surface area contributed by atoms with Crippen LogP contribution in [0.2, 0.25) is 0 Å². The SMILES string of the molecule is C=C[C@@H]1C=C[C@@H]2[C@@H]3C[C@H](C)C[C@H](C)[C@H]3[C@H]3Oc4ccc(cc4)C[C@@]4(O)NC(=O)C(=C(O)[C@H]1[C@@H]23)[C@@H]4OC. The van der Waals surface area contributed by atoms with E-state index in [0.29, 0.717) is 23.7 Å². The number of methoxy groups -OCH3 is 1. The number of hydrogen-bond acceptors (Lipinski definition) is 5. The minimum absolute atomic E-state index is 0.00464. The maximum absolute atomic E-state index is 13.3. The Morgan fingerprint density at radius 2 is 1.92 bits per heavy atom. The van der Waals surface area contributed by atoms with E-state index < -0.39 is 23.7 Å². The van der Waals surface area contributed by atoms with Gasteiger partial charge >= 0.3 is 0 Å². The minimum atomic E-state index is -1.66. The molecule has 3 fully saturated rings. The molecule has 36 heavy (non-hydrogen) atoms. The van der Waals surface area contributed by atoms with Crippen molar-refractivity contribution in [3.05, 3.63) is 66.0 Å². The quantitative estimate of drug-likeness (QED) is 0.541. The van der Waals surface area contributed by atoms with Crippen LogP contribution in [0.25, 0.3) is 0 Å². The molecule has 3 aliphatic heterocycles. The molecule has 1 amide bonds. The van der Waals surface area contributed by atoms with Gasteiger partial charge in [-0.25, -0.2) is 0 Å². The van der Waals surface area contributed by atoms with Gasteiger partial charge in [-0.3, -0.25) is 4.79 Å². The van der Waals surface area contributed by atoms with Gasteiger partial charge in [0.15, 0.2) is 5.72 Å². The van der Waals surface area contributed by atoms with Crippen LogP contribution in [0, 0.1) is 47.3 Å². The van der Waals surface area contributed by atoms with E-state index in [4.69, 9.17) is 9.47 Å². The van der Waals surface area contributed by atoms with Gasteiger partial charge in [0.2, 0.25) is 0 Å². The number of benzene rings is 1. The molecule has 3 aliphatic carbocycles. The van der Waals surface area contributed by atoms with Crippen LogP contribution in [0.15, 0.2) is 60.4 Å². The van der Waals surface area contributed by atoms with Crippen molar-refractivity contribution in [3.8, 4) is 5.75 Å². The molecule has 3 heterocycles. The summed E-state index contributed by atoms with van der Waals surface area (Å²) in [5, 5.41) is 26.2. The molecule has 1 aromatic rings. The van der Waals surface area contributed by atoms with Crippen molar-refractivity contribution in [2.45, 2.75) is 51.0 Å². The van der Waals surface area contributed by atoms with Crippen LogP contribution in [0.3, 0.4) is 0 Å². The van der Waals surface area contributed by atoms with Gasteiger partial charge in [0.25, 0.3) is 5.91 Å². The second kappa shape index (κ2) is 8.49. The molecule has 6 nitrogen and oxygen atoms in total. The second-order valence-electron chi connectivity index (χ2n) is 11.9. The molecule has 6 aliphatic rings. The first-order valence-electron chi connectivity index (χ1n) is 13.3. The Balaban J connectivity index is 1.58. The molecule has 11 atom stereocenters. The second-order valence-corrected chi connectivity index (χ2v) is 11.9. The lowest BCUT2D eigenvalue weighted by atomic mass is 9.66. The molecule has 0 unspecified atom stereocenters. The summed E-state index contributed by atoms with van der Waals surface area (Å²) < 4.78 is 12.6. The number of rotatable bonds is 2. The highest BCUT2D eigenvalue weighted by molar-refractivity contribution is 5.98. The molecule has 4 bridgehead atoms. The molecule has 1 aromatic carbocycles. The number of carbonyl (C=O) groups excluding carboxylic acids is 1. The zero-order valence-corrected chi connectivity index (χ0v) is 21.3. The number of carbonyl (C=O) groups is 1. The highest BCUT2D eigenvalue weighted by Gasteiger charge is 2.61. The van der Waals surface area contributed by atoms with Crippen LogP contribution in [0.1, 0.15) is 32.3 Å². The van der Waals surface area contributed by atoms with Crippen molar-refractivity contribution in [2.24, 2.45) is 47.3 Å². The van der Waals surface area contributed by atoms with E-state index in [1.807, 2.05) is 30.3 Å². The molecule has 7 rings (SSSR count). The average Bonchev–Trinajstić information content (AvgIpc) is 3.29. The number of allylic oxidation sites excluding steroid dienone is 4. The average molecular weight is 492 g/mol. The van der Waals surface area contributed by atoms with Crippen LogP contribution in [0.4, 0.5) is 0 Å². The maximum Gasteiger partial charge on any atom is 0.255 e. The van der Waals surface area contributed by atoms with Gasteiger partial charge in [0.05, 0.1) is 5.57 Å². The van der Waals surface area contributed by atoms with Crippen LogP contribution < -0.4 is 10.1 Å². The van der Waals surface area contributed by atoms with E-state index in [9.17, 15) is 15.0 Å². The summed E-state index contributed by atoms with van der Waals surface area (Å²) in [5.74, 6) is 1.86. The van der Waals surface area contributed by atoms with E-state index >= 15 is 0 Å². The summed E-state index contributed by atoms with van der Waals surface area (Å²) in [6, 6.07) is 7.79. The van der Waals surface area contributed by atoms with Gasteiger partial charge in [0, 0.05) is 37.2 Å². The summed E-state index contributed by atoms with van der Waals surface area (Å²) in [6.07, 6.45) is 7.64. The number of nitrogens with one attached hydrogen (secondary N) is 1. The third-order valence-corrected chi connectivity index (χ3v) is 9.72. The van der Waals surface area contributed by atoms with Gasteiger partial charge in [-0.2, -0.15) is 0 Å². The zero-order valence-electron chi connectivity index (χ0n) is 21.3. The van der Waals surface area contributed by atoms with Crippen LogP contribution in [0.5, 0.6) is 5.75 Å². The van der Waals surface area contributed by atoms with Crippen molar-refractivity contribution in [1.29, 1.82) is 0 Å². The fourth-order valence-electron chi connectivity index (χ4n) is 8.49. The number of amides is 1. The summed E-state index contributed by atoms with van der Waals surface area (Å²) in [6.45, 7) is 8.75. The highest BCUT2D eigenvalue weighted by atomic mass is 16.5. The summed E-state index contributed by atoms with van der Waals surface area (Å²) >= 11 is 0. The zero-order chi connectivity index (χ0) is 25.4. The van der Waals surface area contributed by atoms with Crippen LogP contribution in [-0.2, 0) is 16.0 Å². The van der Waals surface area contributed by atoms with Gasteiger partial charge < -0.3 is 25.0 Å². The van der Waals surface area contributed by atoms with E-state index in [0.717, 1.165) is 24.2 Å². The normalized spacial score (nSPS) is 45.1. The van der Waals surface area contributed by atoms with Crippen molar-refractivity contribution in [2.75, 3.05) is 7.11 Å². The first kappa shape index (κ1) is 23.8. The standard InChI is InChI=1S/C30H37NO5/c1-5-18-8-11-20-21-13-15(2)12-16(3)22(21)27-24(20)23(18)26(32)25-28(35-4)30(34,31-29(25)33)14-17-6-9-19(36-27)10-7-17/h5-11,15-16,18,20-24,27-28,32,34H,1,12-14H2,2-4H3,(H,31,33)/t15-,16+,18-,20-,21+,22-,23-,24-,27-,28+,30+/m1/s1. The van der Waals surface area contributed by atoms with Gasteiger partial charge in [-0.1, -0.05) is 44.2 Å². The monoisotopic (exact) mass is 491 g/mol. The fourth-order valence-corrected chi connectivity index (χ4v) is 8.49. The Hall–Kier alpha value is -2.57. The van der Waals surface area contributed by atoms with Crippen molar-refractivity contribution in [3.63, 3.8) is 0 Å². The van der Waals surface area contributed by atoms with E-state index in [1.165, 1.54) is 7.11 Å². The third kappa shape index (κ3) is 3.41. The largest absolute Gasteiger partial charge is 0.511 e. The Bertz CT molecular complexity index is 1120. The molecule has 3 N–H and O–H groups in total. The van der Waals surface area contributed by atoms with E-state index in [1.54, 1.807) is 0 Å². The number of fused-ring (bicyclic) bond motifs is 4. The fraction of sp³-hybridized carbons (Fsp3) is 0.567. The molecule has 0 radical (unpaired) electrons. The molecule has 1 saturated heterocycles. The van der Waals surface area contributed by atoms with Gasteiger partial charge in [0.1, 0.15) is 23.7 Å². The van der Waals surface area contributed by atoms with Gasteiger partial charge in [-0.05, 0) is 54.2 Å². The predicted octanol–water partition coefficient (Wildman–Crippen LogP) is 4.17. The van der Waals surface area contributed by atoms with Crippen LogP contribution >= 0.6 is 0 Å². The molecule has 6 heteroatoms. The lowest BCUT2D eigenvalue weighted by Gasteiger charge is -2.39. The Morgan fingerprint density at radius 1 is 1.17 bits per heavy atom.